The summed E-state index contributed by atoms with van der Waals surface area (Å²) in [6.45, 7) is 4.20. The standard InChI is InChI=1S/C13H25NO/c1-11(14-13-8-9-15-10-13)6-7-12-4-2-3-5-12/h11-14H,2-10H2,1H3. The van der Waals surface area contributed by atoms with E-state index in [2.05, 4.69) is 12.2 Å². The van der Waals surface area contributed by atoms with Gasteiger partial charge < -0.3 is 10.1 Å². The number of nitrogens with one attached hydrogen (secondary N) is 1. The minimum Gasteiger partial charge on any atom is -0.380 e. The predicted octanol–water partition coefficient (Wildman–Crippen LogP) is 2.72. The van der Waals surface area contributed by atoms with Crippen LogP contribution in [-0.4, -0.2) is 25.3 Å². The maximum Gasteiger partial charge on any atom is 0.0620 e. The molecule has 1 saturated carbocycles. The molecule has 1 heterocycles. The van der Waals surface area contributed by atoms with Gasteiger partial charge in [0, 0.05) is 18.7 Å². The van der Waals surface area contributed by atoms with Crippen molar-refractivity contribution in [2.45, 2.75) is 64.0 Å². The van der Waals surface area contributed by atoms with Crippen LogP contribution in [0.3, 0.4) is 0 Å². The molecule has 1 N–H and O–H groups in total. The molecule has 0 bridgehead atoms. The zero-order chi connectivity index (χ0) is 10.5. The van der Waals surface area contributed by atoms with E-state index in [1.165, 1.54) is 44.9 Å². The van der Waals surface area contributed by atoms with Crippen molar-refractivity contribution in [1.82, 2.24) is 5.32 Å². The van der Waals surface area contributed by atoms with Crippen molar-refractivity contribution in [3.63, 3.8) is 0 Å². The Hall–Kier alpha value is -0.0800. The van der Waals surface area contributed by atoms with Gasteiger partial charge in [0.25, 0.3) is 0 Å². The van der Waals surface area contributed by atoms with Crippen molar-refractivity contribution < 1.29 is 4.74 Å². The first-order chi connectivity index (χ1) is 7.34. The molecule has 2 heteroatoms. The fourth-order valence-corrected chi connectivity index (χ4v) is 2.94. The molecule has 15 heavy (non-hydrogen) atoms. The summed E-state index contributed by atoms with van der Waals surface area (Å²) >= 11 is 0. The lowest BCUT2D eigenvalue weighted by atomic mass is 9.99. The van der Waals surface area contributed by atoms with E-state index in [9.17, 15) is 0 Å². The minimum absolute atomic E-state index is 0.628. The van der Waals surface area contributed by atoms with E-state index in [0.29, 0.717) is 12.1 Å². The first kappa shape index (κ1) is 11.4. The van der Waals surface area contributed by atoms with E-state index >= 15 is 0 Å². The van der Waals surface area contributed by atoms with Crippen LogP contribution in [0.1, 0.15) is 51.9 Å². The van der Waals surface area contributed by atoms with Crippen LogP contribution in [0.4, 0.5) is 0 Å². The molecule has 2 atom stereocenters. The van der Waals surface area contributed by atoms with E-state index in [1.54, 1.807) is 0 Å². The van der Waals surface area contributed by atoms with Crippen LogP contribution in [-0.2, 0) is 4.74 Å². The van der Waals surface area contributed by atoms with Crippen LogP contribution in [0.25, 0.3) is 0 Å². The van der Waals surface area contributed by atoms with Crippen molar-refractivity contribution in [2.24, 2.45) is 5.92 Å². The van der Waals surface area contributed by atoms with Gasteiger partial charge >= 0.3 is 0 Å². The third-order valence-electron chi connectivity index (χ3n) is 3.93. The molecule has 0 amide bonds. The second kappa shape index (κ2) is 5.86. The fourth-order valence-electron chi connectivity index (χ4n) is 2.94. The number of rotatable bonds is 5. The van der Waals surface area contributed by atoms with Gasteiger partial charge in [0.1, 0.15) is 0 Å². The van der Waals surface area contributed by atoms with Crippen LogP contribution in [0.15, 0.2) is 0 Å². The summed E-state index contributed by atoms with van der Waals surface area (Å²) in [5.74, 6) is 1.04. The lowest BCUT2D eigenvalue weighted by Gasteiger charge is -2.19. The molecule has 1 aliphatic heterocycles. The van der Waals surface area contributed by atoms with Crippen molar-refractivity contribution in [2.75, 3.05) is 13.2 Å². The van der Waals surface area contributed by atoms with Crippen LogP contribution in [0.2, 0.25) is 0 Å². The minimum atomic E-state index is 0.628. The molecule has 0 aromatic heterocycles. The van der Waals surface area contributed by atoms with Crippen molar-refractivity contribution >= 4 is 0 Å². The maximum absolute atomic E-state index is 5.37. The van der Waals surface area contributed by atoms with Crippen LogP contribution in [0.5, 0.6) is 0 Å². The average molecular weight is 211 g/mol. The summed E-state index contributed by atoms with van der Waals surface area (Å²) in [6, 6.07) is 1.31. The SMILES string of the molecule is CC(CCC1CCCC1)NC1CCOC1. The zero-order valence-electron chi connectivity index (χ0n) is 10.0. The summed E-state index contributed by atoms with van der Waals surface area (Å²) in [5.41, 5.74) is 0. The summed E-state index contributed by atoms with van der Waals surface area (Å²) in [5, 5.41) is 3.68. The first-order valence-electron chi connectivity index (χ1n) is 6.68. The smallest absolute Gasteiger partial charge is 0.0620 e. The van der Waals surface area contributed by atoms with Gasteiger partial charge in [-0.1, -0.05) is 25.7 Å². The molecule has 0 spiro atoms. The molecule has 88 valence electrons. The molecule has 2 unspecified atom stereocenters. The van der Waals surface area contributed by atoms with E-state index in [-0.39, 0.29) is 0 Å². The zero-order valence-corrected chi connectivity index (χ0v) is 10.0. The molecule has 0 aromatic rings. The van der Waals surface area contributed by atoms with Gasteiger partial charge in [-0.2, -0.15) is 0 Å². The topological polar surface area (TPSA) is 21.3 Å². The van der Waals surface area contributed by atoms with E-state index < -0.39 is 0 Å². The van der Waals surface area contributed by atoms with Crippen LogP contribution in [0, 0.1) is 5.92 Å². The Morgan fingerprint density at radius 1 is 1.27 bits per heavy atom. The van der Waals surface area contributed by atoms with E-state index in [1.807, 2.05) is 0 Å². The molecular formula is C13H25NO. The second-order valence-corrected chi connectivity index (χ2v) is 5.36. The molecule has 1 saturated heterocycles. The Bertz CT molecular complexity index is 171. The third kappa shape index (κ3) is 3.76. The number of ether oxygens (including phenoxy) is 1. The summed E-state index contributed by atoms with van der Waals surface area (Å²) in [6.07, 6.45) is 9.90. The largest absolute Gasteiger partial charge is 0.380 e. The summed E-state index contributed by atoms with van der Waals surface area (Å²) in [7, 11) is 0. The van der Waals surface area contributed by atoms with Crippen molar-refractivity contribution in [3.05, 3.63) is 0 Å². The highest BCUT2D eigenvalue weighted by Crippen LogP contribution is 2.28. The van der Waals surface area contributed by atoms with E-state index in [0.717, 1.165) is 19.1 Å². The monoisotopic (exact) mass is 211 g/mol. The Kier molecular flexibility index (Phi) is 4.45. The Balaban J connectivity index is 1.57. The van der Waals surface area contributed by atoms with Gasteiger partial charge in [-0.05, 0) is 32.1 Å². The van der Waals surface area contributed by atoms with Gasteiger partial charge in [-0.25, -0.2) is 0 Å². The van der Waals surface area contributed by atoms with Gasteiger partial charge in [-0.3, -0.25) is 0 Å². The Labute approximate surface area is 93.8 Å². The van der Waals surface area contributed by atoms with Gasteiger partial charge in [0.2, 0.25) is 0 Å². The van der Waals surface area contributed by atoms with Gasteiger partial charge in [0.05, 0.1) is 6.61 Å². The summed E-state index contributed by atoms with van der Waals surface area (Å²) < 4.78 is 5.37. The molecule has 1 aliphatic carbocycles. The second-order valence-electron chi connectivity index (χ2n) is 5.36. The molecule has 2 fully saturated rings. The van der Waals surface area contributed by atoms with Crippen molar-refractivity contribution in [1.29, 1.82) is 0 Å². The van der Waals surface area contributed by atoms with Crippen LogP contribution < -0.4 is 5.32 Å². The molecule has 0 radical (unpaired) electrons. The molecule has 2 rings (SSSR count). The quantitative estimate of drug-likeness (QED) is 0.755. The van der Waals surface area contributed by atoms with Crippen LogP contribution >= 0.6 is 0 Å². The predicted molar refractivity (Wildman–Crippen MR) is 63.0 cm³/mol. The Morgan fingerprint density at radius 3 is 2.73 bits per heavy atom. The highest BCUT2D eigenvalue weighted by Gasteiger charge is 2.19. The van der Waals surface area contributed by atoms with Gasteiger partial charge in [-0.15, -0.1) is 0 Å². The molecule has 2 aliphatic rings. The van der Waals surface area contributed by atoms with E-state index in [4.69, 9.17) is 4.74 Å². The fraction of sp³-hybridized carbons (Fsp3) is 1.00. The highest BCUT2D eigenvalue weighted by molar-refractivity contribution is 4.76. The lowest BCUT2D eigenvalue weighted by molar-refractivity contribution is 0.187. The number of hydrogen-bond acceptors (Lipinski definition) is 2. The lowest BCUT2D eigenvalue weighted by Crippen LogP contribution is -2.36. The maximum atomic E-state index is 5.37. The third-order valence-corrected chi connectivity index (χ3v) is 3.93. The summed E-state index contributed by atoms with van der Waals surface area (Å²) in [4.78, 5) is 0. The Morgan fingerprint density at radius 2 is 2.07 bits per heavy atom. The van der Waals surface area contributed by atoms with Crippen molar-refractivity contribution in [3.8, 4) is 0 Å². The molecule has 2 nitrogen and oxygen atoms in total. The molecular weight excluding hydrogens is 186 g/mol. The van der Waals surface area contributed by atoms with Gasteiger partial charge in [0.15, 0.2) is 0 Å². The molecule has 0 aromatic carbocycles. The normalized spacial score (nSPS) is 29.8. The highest BCUT2D eigenvalue weighted by atomic mass is 16.5. The average Bonchev–Trinajstić information content (AvgIpc) is 2.86. The first-order valence-corrected chi connectivity index (χ1v) is 6.68. The number of hydrogen-bond donors (Lipinski definition) is 1.